The zero-order valence-electron chi connectivity index (χ0n) is 11.7. The van der Waals surface area contributed by atoms with E-state index in [1.54, 1.807) is 0 Å². The summed E-state index contributed by atoms with van der Waals surface area (Å²) in [6, 6.07) is 0. The topological polar surface area (TPSA) is 38.3 Å². The van der Waals surface area contributed by atoms with E-state index in [1.165, 1.54) is 0 Å². The molecule has 0 aromatic carbocycles. The van der Waals surface area contributed by atoms with E-state index in [2.05, 4.69) is 36.4 Å². The van der Waals surface area contributed by atoms with E-state index in [-0.39, 0.29) is 11.6 Å². The number of nitrogens with one attached hydrogen (secondary N) is 1. The first-order valence-corrected chi connectivity index (χ1v) is 9.57. The quantitative estimate of drug-likeness (QED) is 0.576. The van der Waals surface area contributed by atoms with Crippen LogP contribution in [0.25, 0.3) is 0 Å². The van der Waals surface area contributed by atoms with Crippen molar-refractivity contribution in [2.75, 3.05) is 0 Å². The maximum Gasteiger partial charge on any atom is 0.408 e. The van der Waals surface area contributed by atoms with Crippen LogP contribution in [0.3, 0.4) is 0 Å². The zero-order valence-corrected chi connectivity index (χ0v) is 12.7. The Hall–Kier alpha value is -0.953. The summed E-state index contributed by atoms with van der Waals surface area (Å²) in [5.41, 5.74) is 2.56. The predicted octanol–water partition coefficient (Wildman–Crippen LogP) is 2.92. The van der Waals surface area contributed by atoms with Crippen molar-refractivity contribution in [3.63, 3.8) is 0 Å². The molecular weight excluding hydrogens is 230 g/mol. The second kappa shape index (κ2) is 4.38. The number of ether oxygens (including phenoxy) is 1. The lowest BCUT2D eigenvalue weighted by Crippen LogP contribution is -2.40. The summed E-state index contributed by atoms with van der Waals surface area (Å²) >= 11 is 0. The molecule has 0 bridgehead atoms. The number of hydrogen-bond acceptors (Lipinski definition) is 2. The van der Waals surface area contributed by atoms with Crippen molar-refractivity contribution in [1.29, 1.82) is 0 Å². The minimum Gasteiger partial charge on any atom is -0.444 e. The van der Waals surface area contributed by atoms with E-state index in [1.807, 2.05) is 20.8 Å². The van der Waals surface area contributed by atoms with Crippen molar-refractivity contribution >= 4 is 14.2 Å². The fourth-order valence-corrected chi connectivity index (χ4v) is 1.83. The largest absolute Gasteiger partial charge is 0.444 e. The Morgan fingerprint density at radius 3 is 2.18 bits per heavy atom. The molecule has 1 aliphatic carbocycles. The number of amides is 1. The number of carbonyl (C=O) groups is 1. The Kier molecular flexibility index (Phi) is 3.63. The lowest BCUT2D eigenvalue weighted by Gasteiger charge is -2.21. The van der Waals surface area contributed by atoms with Crippen molar-refractivity contribution in [2.45, 2.75) is 64.4 Å². The van der Waals surface area contributed by atoms with Gasteiger partial charge in [-0.2, -0.15) is 0 Å². The molecule has 0 heterocycles. The molecule has 0 radical (unpaired) electrons. The predicted molar refractivity (Wildman–Crippen MR) is 72.5 cm³/mol. The van der Waals surface area contributed by atoms with Crippen LogP contribution in [0.5, 0.6) is 0 Å². The molecule has 1 N–H and O–H groups in total. The van der Waals surface area contributed by atoms with Crippen LogP contribution in [0.1, 0.15) is 33.6 Å². The third-order valence-corrected chi connectivity index (χ3v) is 3.04. The van der Waals surface area contributed by atoms with Crippen LogP contribution in [0.15, 0.2) is 0 Å². The zero-order chi connectivity index (χ0) is 13.3. The van der Waals surface area contributed by atoms with Crippen LogP contribution >= 0.6 is 0 Å². The molecule has 3 nitrogen and oxygen atoms in total. The summed E-state index contributed by atoms with van der Waals surface area (Å²) in [7, 11) is -1.38. The average molecular weight is 253 g/mol. The Morgan fingerprint density at radius 2 is 1.82 bits per heavy atom. The second-order valence-electron chi connectivity index (χ2n) is 6.71. The smallest absolute Gasteiger partial charge is 0.408 e. The van der Waals surface area contributed by atoms with E-state index < -0.39 is 13.7 Å². The molecule has 96 valence electrons. The van der Waals surface area contributed by atoms with Crippen molar-refractivity contribution in [1.82, 2.24) is 5.32 Å². The van der Waals surface area contributed by atoms with Gasteiger partial charge in [0, 0.05) is 0 Å². The third-order valence-electron chi connectivity index (χ3n) is 2.17. The van der Waals surface area contributed by atoms with Crippen LogP contribution < -0.4 is 5.32 Å². The van der Waals surface area contributed by atoms with E-state index in [9.17, 15) is 4.79 Å². The van der Waals surface area contributed by atoms with E-state index in [4.69, 9.17) is 4.74 Å². The van der Waals surface area contributed by atoms with E-state index in [0.717, 1.165) is 12.8 Å². The lowest BCUT2D eigenvalue weighted by molar-refractivity contribution is 0.0511. The molecule has 1 rings (SSSR count). The third kappa shape index (κ3) is 5.78. The summed E-state index contributed by atoms with van der Waals surface area (Å²) in [6.45, 7) is 12.2. The fourth-order valence-electron chi connectivity index (χ4n) is 1.21. The van der Waals surface area contributed by atoms with Gasteiger partial charge >= 0.3 is 6.09 Å². The Morgan fingerprint density at radius 1 is 1.29 bits per heavy atom. The standard InChI is InChI=1S/C13H23NO2Si/c1-12(2,3)16-11(15)14-13(7-8-13)9-10-17(4,5)6/h7-8H2,1-6H3,(H,14,15). The molecule has 1 saturated carbocycles. The summed E-state index contributed by atoms with van der Waals surface area (Å²) in [4.78, 5) is 11.6. The SMILES string of the molecule is CC(C)(C)OC(=O)NC1(C#C[Si](C)(C)C)CC1. The average Bonchev–Trinajstić information content (AvgIpc) is 2.77. The van der Waals surface area contributed by atoms with Crippen molar-refractivity contribution in [2.24, 2.45) is 0 Å². The Bertz CT molecular complexity index is 362. The van der Waals surface area contributed by atoms with Crippen LogP contribution in [-0.2, 0) is 4.74 Å². The van der Waals surface area contributed by atoms with E-state index in [0.29, 0.717) is 0 Å². The monoisotopic (exact) mass is 253 g/mol. The molecule has 1 fully saturated rings. The molecule has 0 spiro atoms. The first-order valence-electron chi connectivity index (χ1n) is 6.07. The Balaban J connectivity index is 2.56. The molecule has 1 amide bonds. The highest BCUT2D eigenvalue weighted by molar-refractivity contribution is 6.83. The molecule has 0 unspecified atom stereocenters. The molecule has 0 atom stereocenters. The van der Waals surface area contributed by atoms with Gasteiger partial charge in [0.15, 0.2) is 0 Å². The van der Waals surface area contributed by atoms with Gasteiger partial charge in [0.05, 0.1) is 0 Å². The van der Waals surface area contributed by atoms with Crippen molar-refractivity contribution in [3.8, 4) is 11.5 Å². The number of carbonyl (C=O) groups excluding carboxylic acids is 1. The number of rotatable bonds is 1. The highest BCUT2D eigenvalue weighted by atomic mass is 28.3. The first kappa shape index (κ1) is 14.1. The summed E-state index contributed by atoms with van der Waals surface area (Å²) < 4.78 is 5.24. The molecule has 0 aromatic rings. The van der Waals surface area contributed by atoms with Gasteiger partial charge in [0.1, 0.15) is 19.2 Å². The van der Waals surface area contributed by atoms with E-state index >= 15 is 0 Å². The molecule has 0 aromatic heterocycles. The fraction of sp³-hybridized carbons (Fsp3) is 0.769. The van der Waals surface area contributed by atoms with Crippen LogP contribution in [0.4, 0.5) is 4.79 Å². The van der Waals surface area contributed by atoms with Crippen LogP contribution in [0, 0.1) is 11.5 Å². The highest BCUT2D eigenvalue weighted by Crippen LogP contribution is 2.35. The van der Waals surface area contributed by atoms with Crippen molar-refractivity contribution < 1.29 is 9.53 Å². The lowest BCUT2D eigenvalue weighted by atomic mass is 10.2. The van der Waals surface area contributed by atoms with Gasteiger partial charge in [-0.05, 0) is 33.6 Å². The molecule has 17 heavy (non-hydrogen) atoms. The van der Waals surface area contributed by atoms with Gasteiger partial charge in [-0.25, -0.2) is 4.79 Å². The Labute approximate surface area is 105 Å². The molecule has 4 heteroatoms. The van der Waals surface area contributed by atoms with Gasteiger partial charge in [-0.1, -0.05) is 25.6 Å². The van der Waals surface area contributed by atoms with Gasteiger partial charge in [0.2, 0.25) is 0 Å². The normalized spacial score (nSPS) is 17.8. The molecular formula is C13H23NO2Si. The minimum absolute atomic E-state index is 0.303. The van der Waals surface area contributed by atoms with Crippen LogP contribution in [0.2, 0.25) is 19.6 Å². The first-order chi connectivity index (χ1) is 7.52. The summed E-state index contributed by atoms with van der Waals surface area (Å²) in [5, 5.41) is 2.88. The second-order valence-corrected chi connectivity index (χ2v) is 11.5. The molecule has 0 saturated heterocycles. The highest BCUT2D eigenvalue weighted by Gasteiger charge is 2.43. The summed E-state index contributed by atoms with van der Waals surface area (Å²) in [5.74, 6) is 3.23. The molecule has 1 aliphatic rings. The van der Waals surface area contributed by atoms with Gasteiger partial charge in [-0.15, -0.1) is 5.54 Å². The van der Waals surface area contributed by atoms with Crippen LogP contribution in [-0.4, -0.2) is 25.3 Å². The van der Waals surface area contributed by atoms with Gasteiger partial charge in [-0.3, -0.25) is 0 Å². The van der Waals surface area contributed by atoms with Crippen molar-refractivity contribution in [3.05, 3.63) is 0 Å². The maximum atomic E-state index is 11.6. The maximum absolute atomic E-state index is 11.6. The number of alkyl carbamates (subject to hydrolysis) is 1. The van der Waals surface area contributed by atoms with Gasteiger partial charge in [0.25, 0.3) is 0 Å². The molecule has 0 aliphatic heterocycles. The minimum atomic E-state index is -1.38. The summed E-state index contributed by atoms with van der Waals surface area (Å²) in [6.07, 6.45) is 1.51. The number of hydrogen-bond donors (Lipinski definition) is 1. The van der Waals surface area contributed by atoms with Gasteiger partial charge < -0.3 is 10.1 Å².